The number of hydrogen-bond acceptors (Lipinski definition) is 2. The van der Waals surface area contributed by atoms with E-state index in [2.05, 4.69) is 32.7 Å². The SMILES string of the molecule is CCCC(C)N(C)C1(CN)CCCC1C. The average molecular weight is 212 g/mol. The highest BCUT2D eigenvalue weighted by molar-refractivity contribution is 5.00. The Morgan fingerprint density at radius 3 is 2.60 bits per heavy atom. The molecule has 0 bridgehead atoms. The maximum Gasteiger partial charge on any atom is 0.0356 e. The summed E-state index contributed by atoms with van der Waals surface area (Å²) in [5, 5.41) is 0. The molecule has 1 saturated carbocycles. The number of rotatable bonds is 5. The lowest BCUT2D eigenvalue weighted by Crippen LogP contribution is -2.56. The number of nitrogens with zero attached hydrogens (tertiary/aromatic N) is 1. The Balaban J connectivity index is 2.72. The van der Waals surface area contributed by atoms with Gasteiger partial charge < -0.3 is 5.73 Å². The first-order valence-electron chi connectivity index (χ1n) is 6.51. The van der Waals surface area contributed by atoms with Crippen LogP contribution in [0.1, 0.15) is 52.9 Å². The topological polar surface area (TPSA) is 29.3 Å². The van der Waals surface area contributed by atoms with Gasteiger partial charge in [0.25, 0.3) is 0 Å². The molecule has 1 rings (SSSR count). The molecule has 0 radical (unpaired) electrons. The van der Waals surface area contributed by atoms with Crippen molar-refractivity contribution in [2.24, 2.45) is 11.7 Å². The first kappa shape index (κ1) is 13.0. The Morgan fingerprint density at radius 2 is 2.20 bits per heavy atom. The van der Waals surface area contributed by atoms with E-state index in [1.165, 1.54) is 32.1 Å². The summed E-state index contributed by atoms with van der Waals surface area (Å²) in [7, 11) is 2.27. The van der Waals surface area contributed by atoms with Gasteiger partial charge in [0, 0.05) is 18.1 Å². The van der Waals surface area contributed by atoms with Gasteiger partial charge in [-0.3, -0.25) is 4.90 Å². The van der Waals surface area contributed by atoms with E-state index in [1.54, 1.807) is 0 Å². The van der Waals surface area contributed by atoms with E-state index < -0.39 is 0 Å². The van der Waals surface area contributed by atoms with E-state index in [1.807, 2.05) is 0 Å². The predicted molar refractivity (Wildman–Crippen MR) is 66.9 cm³/mol. The number of hydrogen-bond donors (Lipinski definition) is 1. The van der Waals surface area contributed by atoms with E-state index >= 15 is 0 Å². The van der Waals surface area contributed by atoms with E-state index in [-0.39, 0.29) is 5.54 Å². The molecule has 2 heteroatoms. The summed E-state index contributed by atoms with van der Waals surface area (Å²) < 4.78 is 0. The van der Waals surface area contributed by atoms with Crippen molar-refractivity contribution in [1.82, 2.24) is 4.90 Å². The standard InChI is InChI=1S/C13H28N2/c1-5-7-12(3)15(4)13(10-14)9-6-8-11(13)2/h11-12H,5-10,14H2,1-4H3. The summed E-state index contributed by atoms with van der Waals surface area (Å²) in [6, 6.07) is 0.666. The molecule has 0 spiro atoms. The minimum Gasteiger partial charge on any atom is -0.329 e. The van der Waals surface area contributed by atoms with Crippen LogP contribution in [0.25, 0.3) is 0 Å². The fourth-order valence-electron chi connectivity index (χ4n) is 3.25. The van der Waals surface area contributed by atoms with Crippen molar-refractivity contribution in [2.75, 3.05) is 13.6 Å². The van der Waals surface area contributed by atoms with Crippen molar-refractivity contribution < 1.29 is 0 Å². The highest BCUT2D eigenvalue weighted by Gasteiger charge is 2.43. The highest BCUT2D eigenvalue weighted by atomic mass is 15.2. The average Bonchev–Trinajstić information content (AvgIpc) is 2.60. The fraction of sp³-hybridized carbons (Fsp3) is 1.00. The van der Waals surface area contributed by atoms with E-state index in [0.717, 1.165) is 12.5 Å². The summed E-state index contributed by atoms with van der Waals surface area (Å²) in [4.78, 5) is 2.56. The van der Waals surface area contributed by atoms with Crippen LogP contribution < -0.4 is 5.73 Å². The highest BCUT2D eigenvalue weighted by Crippen LogP contribution is 2.40. The summed E-state index contributed by atoms with van der Waals surface area (Å²) >= 11 is 0. The molecule has 0 saturated heterocycles. The van der Waals surface area contributed by atoms with Gasteiger partial charge in [0.2, 0.25) is 0 Å². The molecule has 90 valence electrons. The quantitative estimate of drug-likeness (QED) is 0.759. The van der Waals surface area contributed by atoms with Crippen molar-refractivity contribution in [2.45, 2.75) is 64.5 Å². The fourth-order valence-corrected chi connectivity index (χ4v) is 3.25. The minimum absolute atomic E-state index is 0.286. The third-order valence-electron chi connectivity index (χ3n) is 4.59. The Labute approximate surface area is 95.2 Å². The van der Waals surface area contributed by atoms with Gasteiger partial charge in [-0.2, -0.15) is 0 Å². The lowest BCUT2D eigenvalue weighted by atomic mass is 9.85. The van der Waals surface area contributed by atoms with Gasteiger partial charge in [0.15, 0.2) is 0 Å². The molecule has 2 nitrogen and oxygen atoms in total. The Bertz CT molecular complexity index is 193. The van der Waals surface area contributed by atoms with Crippen LogP contribution in [0.15, 0.2) is 0 Å². The first-order chi connectivity index (χ1) is 7.08. The van der Waals surface area contributed by atoms with Crippen molar-refractivity contribution in [1.29, 1.82) is 0 Å². The lowest BCUT2D eigenvalue weighted by Gasteiger charge is -2.45. The Morgan fingerprint density at radius 1 is 1.53 bits per heavy atom. The Hall–Kier alpha value is -0.0800. The van der Waals surface area contributed by atoms with Gasteiger partial charge in [-0.25, -0.2) is 0 Å². The van der Waals surface area contributed by atoms with E-state index in [0.29, 0.717) is 6.04 Å². The van der Waals surface area contributed by atoms with Gasteiger partial charge in [-0.05, 0) is 39.2 Å². The molecular weight excluding hydrogens is 184 g/mol. The van der Waals surface area contributed by atoms with Crippen LogP contribution in [0.4, 0.5) is 0 Å². The van der Waals surface area contributed by atoms with Gasteiger partial charge in [0.05, 0.1) is 0 Å². The van der Waals surface area contributed by atoms with Crippen molar-refractivity contribution >= 4 is 0 Å². The summed E-state index contributed by atoms with van der Waals surface area (Å²) in [6.07, 6.45) is 6.53. The monoisotopic (exact) mass is 212 g/mol. The van der Waals surface area contributed by atoms with Gasteiger partial charge >= 0.3 is 0 Å². The zero-order valence-corrected chi connectivity index (χ0v) is 10.9. The third-order valence-corrected chi connectivity index (χ3v) is 4.59. The zero-order valence-electron chi connectivity index (χ0n) is 10.9. The molecule has 1 aliphatic carbocycles. The Kier molecular flexibility index (Phi) is 4.60. The minimum atomic E-state index is 0.286. The van der Waals surface area contributed by atoms with Crippen LogP contribution in [-0.2, 0) is 0 Å². The molecule has 0 heterocycles. The van der Waals surface area contributed by atoms with Crippen molar-refractivity contribution in [3.8, 4) is 0 Å². The molecular formula is C13H28N2. The zero-order chi connectivity index (χ0) is 11.5. The van der Waals surface area contributed by atoms with Crippen LogP contribution in [-0.4, -0.2) is 30.1 Å². The summed E-state index contributed by atoms with van der Waals surface area (Å²) in [5.41, 5.74) is 6.34. The largest absolute Gasteiger partial charge is 0.329 e. The van der Waals surface area contributed by atoms with Crippen LogP contribution in [0, 0.1) is 5.92 Å². The first-order valence-corrected chi connectivity index (χ1v) is 6.51. The lowest BCUT2D eigenvalue weighted by molar-refractivity contribution is 0.0522. The predicted octanol–water partition coefficient (Wildman–Crippen LogP) is 2.62. The second-order valence-electron chi connectivity index (χ2n) is 5.35. The molecule has 2 N–H and O–H groups in total. The molecule has 0 aliphatic heterocycles. The van der Waals surface area contributed by atoms with Gasteiger partial charge in [-0.15, -0.1) is 0 Å². The molecule has 0 aromatic rings. The maximum atomic E-state index is 6.05. The van der Waals surface area contributed by atoms with E-state index in [9.17, 15) is 0 Å². The summed E-state index contributed by atoms with van der Waals surface area (Å²) in [5.74, 6) is 0.756. The molecule has 3 atom stereocenters. The number of nitrogens with two attached hydrogens (primary N) is 1. The molecule has 0 aromatic carbocycles. The molecule has 1 fully saturated rings. The summed E-state index contributed by atoms with van der Waals surface area (Å²) in [6.45, 7) is 7.79. The smallest absolute Gasteiger partial charge is 0.0356 e. The van der Waals surface area contributed by atoms with Crippen LogP contribution in [0.2, 0.25) is 0 Å². The molecule has 3 unspecified atom stereocenters. The van der Waals surface area contributed by atoms with Crippen LogP contribution in [0.5, 0.6) is 0 Å². The molecule has 1 aliphatic rings. The van der Waals surface area contributed by atoms with Crippen molar-refractivity contribution in [3.63, 3.8) is 0 Å². The normalized spacial score (nSPS) is 33.6. The molecule has 0 aromatic heterocycles. The van der Waals surface area contributed by atoms with E-state index in [4.69, 9.17) is 5.73 Å². The molecule has 0 amide bonds. The van der Waals surface area contributed by atoms with Crippen molar-refractivity contribution in [3.05, 3.63) is 0 Å². The maximum absolute atomic E-state index is 6.05. The van der Waals surface area contributed by atoms with Gasteiger partial charge in [-0.1, -0.05) is 26.7 Å². The third kappa shape index (κ3) is 2.36. The van der Waals surface area contributed by atoms with Crippen LogP contribution >= 0.6 is 0 Å². The van der Waals surface area contributed by atoms with Crippen LogP contribution in [0.3, 0.4) is 0 Å². The van der Waals surface area contributed by atoms with Gasteiger partial charge in [0.1, 0.15) is 0 Å². The molecule has 15 heavy (non-hydrogen) atoms. The second-order valence-corrected chi connectivity index (χ2v) is 5.35. The number of likely N-dealkylation sites (N-methyl/N-ethyl adjacent to an activating group) is 1. The second kappa shape index (κ2) is 5.31.